The van der Waals surface area contributed by atoms with E-state index in [1.807, 2.05) is 0 Å². The van der Waals surface area contributed by atoms with Crippen molar-refractivity contribution in [2.75, 3.05) is 5.32 Å². The summed E-state index contributed by atoms with van der Waals surface area (Å²) in [6.07, 6.45) is 0. The van der Waals surface area contributed by atoms with E-state index in [-0.39, 0.29) is 11.7 Å². The number of amides is 1. The first-order chi connectivity index (χ1) is 8.99. The Kier molecular flexibility index (Phi) is 4.27. The number of nitrogens with one attached hydrogen (secondary N) is 1. The van der Waals surface area contributed by atoms with Crippen molar-refractivity contribution in [3.8, 4) is 0 Å². The number of hydrogen-bond acceptors (Lipinski definition) is 2. The highest BCUT2D eigenvalue weighted by atomic mass is 79.9. The molecule has 2 aromatic rings. The van der Waals surface area contributed by atoms with Gasteiger partial charge in [-0.15, -0.1) is 12.6 Å². The second-order valence-corrected chi connectivity index (χ2v) is 5.39. The molecular weight excluding hydrogens is 329 g/mol. The van der Waals surface area contributed by atoms with Gasteiger partial charge in [0.1, 0.15) is 5.82 Å². The summed E-state index contributed by atoms with van der Waals surface area (Å²) in [4.78, 5) is 12.7. The Morgan fingerprint density at radius 1 is 1.32 bits per heavy atom. The van der Waals surface area contributed by atoms with Crippen LogP contribution >= 0.6 is 28.6 Å². The zero-order valence-electron chi connectivity index (χ0n) is 10.1. The molecule has 0 aliphatic rings. The van der Waals surface area contributed by atoms with Gasteiger partial charge in [0.25, 0.3) is 5.91 Å². The molecule has 0 saturated heterocycles. The Hall–Kier alpha value is -1.33. The first kappa shape index (κ1) is 14.1. The van der Waals surface area contributed by atoms with Gasteiger partial charge >= 0.3 is 0 Å². The van der Waals surface area contributed by atoms with Crippen LogP contribution < -0.4 is 5.32 Å². The lowest BCUT2D eigenvalue weighted by Crippen LogP contribution is -2.13. The maximum absolute atomic E-state index is 13.3. The van der Waals surface area contributed by atoms with Crippen molar-refractivity contribution < 1.29 is 9.18 Å². The summed E-state index contributed by atoms with van der Waals surface area (Å²) in [5.41, 5.74) is 1.70. The predicted molar refractivity (Wildman–Crippen MR) is 80.5 cm³/mol. The monoisotopic (exact) mass is 339 g/mol. The molecule has 0 aromatic heterocycles. The lowest BCUT2D eigenvalue weighted by atomic mass is 10.1. The van der Waals surface area contributed by atoms with Gasteiger partial charge in [-0.3, -0.25) is 4.79 Å². The number of hydrogen-bond donors (Lipinski definition) is 2. The van der Waals surface area contributed by atoms with Crippen molar-refractivity contribution >= 4 is 40.2 Å². The summed E-state index contributed by atoms with van der Waals surface area (Å²) in [7, 11) is 0. The number of halogens is 2. The zero-order chi connectivity index (χ0) is 14.0. The number of aryl methyl sites for hydroxylation is 1. The topological polar surface area (TPSA) is 29.1 Å². The van der Waals surface area contributed by atoms with Gasteiger partial charge in [-0.25, -0.2) is 4.39 Å². The standard InChI is InChI=1S/C14H11BrFNOS/c1-8-6-11(16)10(15)7-12(8)17-14(18)9-4-2-3-5-13(9)19/h2-7,19H,1H3,(H,17,18). The molecule has 0 bridgehead atoms. The summed E-state index contributed by atoms with van der Waals surface area (Å²) < 4.78 is 13.6. The molecular formula is C14H11BrFNOS. The fraction of sp³-hybridized carbons (Fsp3) is 0.0714. The van der Waals surface area contributed by atoms with Crippen molar-refractivity contribution in [3.05, 3.63) is 57.8 Å². The van der Waals surface area contributed by atoms with Crippen molar-refractivity contribution in [2.45, 2.75) is 11.8 Å². The first-order valence-electron chi connectivity index (χ1n) is 5.54. The van der Waals surface area contributed by atoms with Gasteiger partial charge in [-0.05, 0) is 52.7 Å². The molecule has 1 amide bonds. The maximum Gasteiger partial charge on any atom is 0.256 e. The van der Waals surface area contributed by atoms with Gasteiger partial charge in [-0.2, -0.15) is 0 Å². The van der Waals surface area contributed by atoms with Gasteiger partial charge in [0.2, 0.25) is 0 Å². The number of thiol groups is 1. The molecule has 0 fully saturated rings. The predicted octanol–water partition coefficient (Wildman–Crippen LogP) is 4.44. The first-order valence-corrected chi connectivity index (χ1v) is 6.78. The zero-order valence-corrected chi connectivity index (χ0v) is 12.6. The van der Waals surface area contributed by atoms with Crippen molar-refractivity contribution in [1.29, 1.82) is 0 Å². The molecule has 98 valence electrons. The van der Waals surface area contributed by atoms with Crippen LogP contribution in [0.15, 0.2) is 45.8 Å². The largest absolute Gasteiger partial charge is 0.322 e. The van der Waals surface area contributed by atoms with E-state index in [1.165, 1.54) is 6.07 Å². The summed E-state index contributed by atoms with van der Waals surface area (Å²) >= 11 is 7.34. The van der Waals surface area contributed by atoms with E-state index in [2.05, 4.69) is 33.9 Å². The molecule has 0 heterocycles. The van der Waals surface area contributed by atoms with Crippen LogP contribution in [0, 0.1) is 12.7 Å². The van der Waals surface area contributed by atoms with Crippen LogP contribution in [0.3, 0.4) is 0 Å². The highest BCUT2D eigenvalue weighted by Gasteiger charge is 2.12. The average molecular weight is 340 g/mol. The van der Waals surface area contributed by atoms with E-state index in [1.54, 1.807) is 37.3 Å². The smallest absolute Gasteiger partial charge is 0.256 e. The number of carbonyl (C=O) groups is 1. The van der Waals surface area contributed by atoms with Gasteiger partial charge in [-0.1, -0.05) is 12.1 Å². The van der Waals surface area contributed by atoms with Gasteiger partial charge in [0.15, 0.2) is 0 Å². The molecule has 0 atom stereocenters. The van der Waals surface area contributed by atoms with Crippen LogP contribution in [-0.2, 0) is 0 Å². The third kappa shape index (κ3) is 3.16. The molecule has 0 spiro atoms. The second kappa shape index (κ2) is 5.75. The molecule has 0 unspecified atom stereocenters. The Morgan fingerprint density at radius 3 is 2.68 bits per heavy atom. The maximum atomic E-state index is 13.3. The lowest BCUT2D eigenvalue weighted by Gasteiger charge is -2.10. The Bertz CT molecular complexity index is 645. The van der Waals surface area contributed by atoms with E-state index < -0.39 is 0 Å². The van der Waals surface area contributed by atoms with E-state index >= 15 is 0 Å². The normalized spacial score (nSPS) is 10.3. The molecule has 19 heavy (non-hydrogen) atoms. The minimum absolute atomic E-state index is 0.271. The number of carbonyl (C=O) groups excluding carboxylic acids is 1. The van der Waals surface area contributed by atoms with E-state index in [9.17, 15) is 9.18 Å². The second-order valence-electron chi connectivity index (χ2n) is 4.05. The van der Waals surface area contributed by atoms with Crippen molar-refractivity contribution in [2.24, 2.45) is 0 Å². The third-order valence-electron chi connectivity index (χ3n) is 2.66. The summed E-state index contributed by atoms with van der Waals surface area (Å²) in [5, 5.41) is 2.75. The highest BCUT2D eigenvalue weighted by molar-refractivity contribution is 9.10. The number of benzene rings is 2. The average Bonchev–Trinajstić information content (AvgIpc) is 2.36. The Labute approximate surface area is 124 Å². The van der Waals surface area contributed by atoms with E-state index in [4.69, 9.17) is 0 Å². The van der Waals surface area contributed by atoms with Crippen LogP contribution in [-0.4, -0.2) is 5.91 Å². The molecule has 2 aromatic carbocycles. The number of anilines is 1. The van der Waals surface area contributed by atoms with Crippen molar-refractivity contribution in [1.82, 2.24) is 0 Å². The molecule has 0 saturated carbocycles. The third-order valence-corrected chi connectivity index (χ3v) is 3.66. The summed E-state index contributed by atoms with van der Waals surface area (Å²) in [6.45, 7) is 1.73. The van der Waals surface area contributed by atoms with Crippen LogP contribution in [0.5, 0.6) is 0 Å². The molecule has 0 radical (unpaired) electrons. The fourth-order valence-electron chi connectivity index (χ4n) is 1.64. The van der Waals surface area contributed by atoms with Crippen LogP contribution in [0.1, 0.15) is 15.9 Å². The lowest BCUT2D eigenvalue weighted by molar-refractivity contribution is 0.102. The SMILES string of the molecule is Cc1cc(F)c(Br)cc1NC(=O)c1ccccc1S. The minimum atomic E-state index is -0.356. The van der Waals surface area contributed by atoms with Crippen molar-refractivity contribution in [3.63, 3.8) is 0 Å². The quantitative estimate of drug-likeness (QED) is 0.778. The Morgan fingerprint density at radius 2 is 2.00 bits per heavy atom. The molecule has 0 aliphatic heterocycles. The van der Waals surface area contributed by atoms with Gasteiger partial charge in [0, 0.05) is 10.6 Å². The molecule has 5 heteroatoms. The minimum Gasteiger partial charge on any atom is -0.322 e. The van der Waals surface area contributed by atoms with Crippen LogP contribution in [0.2, 0.25) is 0 Å². The van der Waals surface area contributed by atoms with Crippen LogP contribution in [0.4, 0.5) is 10.1 Å². The van der Waals surface area contributed by atoms with Gasteiger partial charge in [0.05, 0.1) is 10.0 Å². The van der Waals surface area contributed by atoms with E-state index in [0.717, 1.165) is 0 Å². The fourth-order valence-corrected chi connectivity index (χ4v) is 2.24. The summed E-state index contributed by atoms with van der Waals surface area (Å²) in [5.74, 6) is -0.627. The summed E-state index contributed by atoms with van der Waals surface area (Å²) in [6, 6.07) is 9.91. The molecule has 0 aliphatic carbocycles. The molecule has 2 nitrogen and oxygen atoms in total. The number of rotatable bonds is 2. The highest BCUT2D eigenvalue weighted by Crippen LogP contribution is 2.25. The van der Waals surface area contributed by atoms with Gasteiger partial charge < -0.3 is 5.32 Å². The Balaban J connectivity index is 2.30. The van der Waals surface area contributed by atoms with E-state index in [0.29, 0.717) is 26.2 Å². The molecule has 1 N–H and O–H groups in total. The molecule has 2 rings (SSSR count). The van der Waals surface area contributed by atoms with Crippen LogP contribution in [0.25, 0.3) is 0 Å².